The summed E-state index contributed by atoms with van der Waals surface area (Å²) in [5.74, 6) is 0.964. The summed E-state index contributed by atoms with van der Waals surface area (Å²) in [5, 5.41) is 0.204. The maximum Gasteiger partial charge on any atom is 0.153 e. The van der Waals surface area contributed by atoms with Crippen LogP contribution in [0, 0.1) is 0 Å². The largest absolute Gasteiger partial charge is 0.330 e. The van der Waals surface area contributed by atoms with Crippen molar-refractivity contribution in [2.75, 3.05) is 18.1 Å². The van der Waals surface area contributed by atoms with E-state index in [-0.39, 0.29) is 11.0 Å². The Morgan fingerprint density at radius 3 is 2.29 bits per heavy atom. The van der Waals surface area contributed by atoms with Gasteiger partial charge in [0.05, 0.1) is 11.0 Å². The van der Waals surface area contributed by atoms with Crippen molar-refractivity contribution in [3.63, 3.8) is 0 Å². The van der Waals surface area contributed by atoms with E-state index < -0.39 is 9.84 Å². The molecule has 0 bridgehead atoms. The van der Waals surface area contributed by atoms with Gasteiger partial charge in [0, 0.05) is 11.0 Å². The van der Waals surface area contributed by atoms with Crippen molar-refractivity contribution >= 4 is 21.6 Å². The van der Waals surface area contributed by atoms with Gasteiger partial charge in [0.25, 0.3) is 0 Å². The van der Waals surface area contributed by atoms with Crippen molar-refractivity contribution in [1.82, 2.24) is 0 Å². The third-order valence-corrected chi connectivity index (χ3v) is 5.77. The fourth-order valence-corrected chi connectivity index (χ4v) is 3.41. The summed E-state index contributed by atoms with van der Waals surface area (Å²) in [4.78, 5) is 0. The summed E-state index contributed by atoms with van der Waals surface area (Å²) in [7, 11) is -2.86. The van der Waals surface area contributed by atoms with Crippen molar-refractivity contribution in [2.45, 2.75) is 37.7 Å². The number of thioether (sulfide) groups is 1. The van der Waals surface area contributed by atoms with E-state index in [1.54, 1.807) is 25.6 Å². The Labute approximate surface area is 91.7 Å². The zero-order chi connectivity index (χ0) is 11.2. The maximum atomic E-state index is 11.4. The second kappa shape index (κ2) is 6.69. The average Bonchev–Trinajstić information content (AvgIpc) is 2.04. The molecular formula is C9H21NO2S2. The Morgan fingerprint density at radius 2 is 1.86 bits per heavy atom. The molecule has 1 atom stereocenters. The third kappa shape index (κ3) is 5.88. The van der Waals surface area contributed by atoms with E-state index in [0.717, 1.165) is 6.42 Å². The summed E-state index contributed by atoms with van der Waals surface area (Å²) in [6.07, 6.45) is 0.951. The number of hydrogen-bond donors (Lipinski definition) is 1. The fourth-order valence-electron chi connectivity index (χ4n) is 0.919. The molecule has 0 aromatic carbocycles. The monoisotopic (exact) mass is 239 g/mol. The first kappa shape index (κ1) is 14.3. The quantitative estimate of drug-likeness (QED) is 0.727. The van der Waals surface area contributed by atoms with E-state index in [0.29, 0.717) is 17.5 Å². The predicted molar refractivity (Wildman–Crippen MR) is 64.5 cm³/mol. The van der Waals surface area contributed by atoms with E-state index in [4.69, 9.17) is 5.73 Å². The zero-order valence-electron chi connectivity index (χ0n) is 9.19. The summed E-state index contributed by atoms with van der Waals surface area (Å²) >= 11 is 1.69. The van der Waals surface area contributed by atoms with Crippen molar-refractivity contribution in [1.29, 1.82) is 0 Å². The molecule has 0 aliphatic heterocycles. The first-order chi connectivity index (χ1) is 6.40. The molecule has 0 aliphatic rings. The van der Waals surface area contributed by atoms with E-state index >= 15 is 0 Å². The normalized spacial score (nSPS) is 14.6. The van der Waals surface area contributed by atoms with Crippen LogP contribution in [0.2, 0.25) is 0 Å². The SMILES string of the molecule is CC(CCN)SCCS(=O)(=O)C(C)C. The second-order valence-electron chi connectivity index (χ2n) is 3.67. The molecule has 3 nitrogen and oxygen atoms in total. The lowest BCUT2D eigenvalue weighted by Crippen LogP contribution is -2.20. The molecule has 0 aromatic rings. The van der Waals surface area contributed by atoms with Gasteiger partial charge in [-0.2, -0.15) is 11.8 Å². The van der Waals surface area contributed by atoms with Crippen LogP contribution >= 0.6 is 11.8 Å². The highest BCUT2D eigenvalue weighted by molar-refractivity contribution is 8.01. The number of hydrogen-bond acceptors (Lipinski definition) is 4. The van der Waals surface area contributed by atoms with Crippen LogP contribution in [0.5, 0.6) is 0 Å². The van der Waals surface area contributed by atoms with Crippen molar-refractivity contribution in [2.24, 2.45) is 5.73 Å². The van der Waals surface area contributed by atoms with Gasteiger partial charge in [-0.05, 0) is 26.8 Å². The minimum absolute atomic E-state index is 0.257. The molecule has 14 heavy (non-hydrogen) atoms. The lowest BCUT2D eigenvalue weighted by Gasteiger charge is -2.11. The van der Waals surface area contributed by atoms with Crippen molar-refractivity contribution in [3.05, 3.63) is 0 Å². The smallest absolute Gasteiger partial charge is 0.153 e. The minimum Gasteiger partial charge on any atom is -0.330 e. The molecule has 0 heterocycles. The average molecular weight is 239 g/mol. The molecule has 5 heteroatoms. The molecule has 0 amide bonds. The summed E-state index contributed by atoms with van der Waals surface area (Å²) in [6, 6.07) is 0. The molecule has 0 aliphatic carbocycles. The van der Waals surface area contributed by atoms with Crippen LogP contribution in [0.1, 0.15) is 27.2 Å². The topological polar surface area (TPSA) is 60.2 Å². The maximum absolute atomic E-state index is 11.4. The first-order valence-corrected chi connectivity index (χ1v) is 7.69. The van der Waals surface area contributed by atoms with E-state index in [2.05, 4.69) is 6.92 Å². The Balaban J connectivity index is 3.74. The van der Waals surface area contributed by atoms with Gasteiger partial charge in [-0.25, -0.2) is 8.42 Å². The van der Waals surface area contributed by atoms with Crippen molar-refractivity contribution in [3.8, 4) is 0 Å². The van der Waals surface area contributed by atoms with E-state index in [1.807, 2.05) is 0 Å². The van der Waals surface area contributed by atoms with Crippen LogP contribution in [0.4, 0.5) is 0 Å². The molecule has 0 radical (unpaired) electrons. The molecule has 0 fully saturated rings. The Kier molecular flexibility index (Phi) is 6.81. The van der Waals surface area contributed by atoms with Crippen molar-refractivity contribution < 1.29 is 8.42 Å². The van der Waals surface area contributed by atoms with Gasteiger partial charge >= 0.3 is 0 Å². The van der Waals surface area contributed by atoms with Crippen LogP contribution in [0.15, 0.2) is 0 Å². The Hall–Kier alpha value is 0.260. The molecule has 0 rings (SSSR count). The second-order valence-corrected chi connectivity index (χ2v) is 7.90. The Bertz CT molecular complexity index is 237. The fraction of sp³-hybridized carbons (Fsp3) is 1.00. The van der Waals surface area contributed by atoms with Gasteiger partial charge in [-0.1, -0.05) is 6.92 Å². The number of rotatable bonds is 7. The molecule has 1 unspecified atom stereocenters. The van der Waals surface area contributed by atoms with E-state index in [9.17, 15) is 8.42 Å². The molecule has 86 valence electrons. The number of sulfone groups is 1. The van der Waals surface area contributed by atoms with Gasteiger partial charge in [0.1, 0.15) is 0 Å². The lowest BCUT2D eigenvalue weighted by molar-refractivity contribution is 0.589. The van der Waals surface area contributed by atoms with E-state index in [1.165, 1.54) is 0 Å². The third-order valence-electron chi connectivity index (χ3n) is 2.06. The number of nitrogens with two attached hydrogens (primary N) is 1. The minimum atomic E-state index is -2.86. The highest BCUT2D eigenvalue weighted by Crippen LogP contribution is 2.14. The standard InChI is InChI=1S/C9H21NO2S2/c1-8(2)14(11,12)7-6-13-9(3)4-5-10/h8-9H,4-7,10H2,1-3H3. The molecule has 2 N–H and O–H groups in total. The van der Waals surface area contributed by atoms with Gasteiger partial charge in [0.2, 0.25) is 0 Å². The van der Waals surface area contributed by atoms with Crippen LogP contribution in [-0.4, -0.2) is 37.0 Å². The van der Waals surface area contributed by atoms with Crippen LogP contribution in [0.3, 0.4) is 0 Å². The van der Waals surface area contributed by atoms with Gasteiger partial charge in [0.15, 0.2) is 9.84 Å². The summed E-state index contributed by atoms with van der Waals surface area (Å²) in [6.45, 7) is 6.21. The van der Waals surface area contributed by atoms with Crippen LogP contribution in [-0.2, 0) is 9.84 Å². The van der Waals surface area contributed by atoms with Gasteiger partial charge in [-0.15, -0.1) is 0 Å². The Morgan fingerprint density at radius 1 is 1.29 bits per heavy atom. The zero-order valence-corrected chi connectivity index (χ0v) is 10.8. The van der Waals surface area contributed by atoms with Gasteiger partial charge < -0.3 is 5.73 Å². The molecule has 0 aromatic heterocycles. The first-order valence-electron chi connectivity index (χ1n) is 4.93. The summed E-state index contributed by atoms with van der Waals surface area (Å²) in [5.41, 5.74) is 5.40. The summed E-state index contributed by atoms with van der Waals surface area (Å²) < 4.78 is 22.9. The molecule has 0 spiro atoms. The molecular weight excluding hydrogens is 218 g/mol. The van der Waals surface area contributed by atoms with Crippen LogP contribution in [0.25, 0.3) is 0 Å². The highest BCUT2D eigenvalue weighted by atomic mass is 32.2. The molecule has 0 saturated carbocycles. The molecule has 0 saturated heterocycles. The predicted octanol–water partition coefficient (Wildman–Crippen LogP) is 1.28. The highest BCUT2D eigenvalue weighted by Gasteiger charge is 2.15. The van der Waals surface area contributed by atoms with Gasteiger partial charge in [-0.3, -0.25) is 0 Å². The lowest BCUT2D eigenvalue weighted by atomic mass is 10.3. The van der Waals surface area contributed by atoms with Crippen LogP contribution < -0.4 is 5.73 Å².